The first-order chi connectivity index (χ1) is 13.9. The molecule has 0 amide bonds. The Labute approximate surface area is 164 Å². The quantitative estimate of drug-likeness (QED) is 0.535. The maximum Gasteiger partial charge on any atom is 0.416 e. The molecular weight excluding hydrogens is 389 g/mol. The summed E-state index contributed by atoms with van der Waals surface area (Å²) in [7, 11) is 2.98. The number of benzene rings is 2. The van der Waals surface area contributed by atoms with Crippen molar-refractivity contribution in [2.75, 3.05) is 14.2 Å². The smallest absolute Gasteiger partial charge is 0.416 e. The van der Waals surface area contributed by atoms with Crippen LogP contribution >= 0.6 is 0 Å². The van der Waals surface area contributed by atoms with Crippen LogP contribution in [0.5, 0.6) is 29.1 Å². The Morgan fingerprint density at radius 1 is 0.828 bits per heavy atom. The molecule has 0 radical (unpaired) electrons. The molecule has 3 aromatic rings. The maximum absolute atomic E-state index is 12.8. The first-order valence-corrected chi connectivity index (χ1v) is 8.41. The zero-order valence-electron chi connectivity index (χ0n) is 15.6. The zero-order chi connectivity index (χ0) is 20.9. The number of hydrogen-bond donors (Lipinski definition) is 0. The largest absolute Gasteiger partial charge is 0.467 e. The monoisotopic (exact) mass is 406 g/mol. The number of halogens is 3. The zero-order valence-corrected chi connectivity index (χ0v) is 15.6. The van der Waals surface area contributed by atoms with Crippen molar-refractivity contribution < 1.29 is 32.1 Å². The first-order valence-electron chi connectivity index (χ1n) is 8.41. The Hall–Kier alpha value is -3.33. The van der Waals surface area contributed by atoms with Crippen LogP contribution in [-0.2, 0) is 17.5 Å². The Morgan fingerprint density at radius 2 is 1.52 bits per heavy atom. The van der Waals surface area contributed by atoms with Gasteiger partial charge >= 0.3 is 12.2 Å². The predicted octanol–water partition coefficient (Wildman–Crippen LogP) is 5.24. The number of alkyl halides is 3. The van der Waals surface area contributed by atoms with Crippen LogP contribution in [0.3, 0.4) is 0 Å². The van der Waals surface area contributed by atoms with Gasteiger partial charge in [0, 0.05) is 13.2 Å². The van der Waals surface area contributed by atoms with E-state index in [4.69, 9.17) is 18.9 Å². The van der Waals surface area contributed by atoms with Crippen molar-refractivity contribution in [2.45, 2.75) is 12.8 Å². The Morgan fingerprint density at radius 3 is 2.14 bits per heavy atom. The lowest BCUT2D eigenvalue weighted by Gasteiger charge is -2.11. The fourth-order valence-corrected chi connectivity index (χ4v) is 2.38. The molecule has 1 aromatic heterocycles. The molecule has 0 bridgehead atoms. The second kappa shape index (κ2) is 8.78. The lowest BCUT2D eigenvalue weighted by molar-refractivity contribution is -0.137. The number of rotatable bonds is 7. The standard InChI is InChI=1S/C20H17F3N2O4/c1-26-12-14-11-18(25-19(24-14)27-2)29-16-8-6-15(7-9-16)28-17-5-3-4-13(10-17)20(21,22)23/h3-11H,12H2,1-2H3. The van der Waals surface area contributed by atoms with Gasteiger partial charge in [-0.1, -0.05) is 6.07 Å². The van der Waals surface area contributed by atoms with Crippen LogP contribution in [0.15, 0.2) is 54.6 Å². The van der Waals surface area contributed by atoms with E-state index in [0.29, 0.717) is 17.2 Å². The van der Waals surface area contributed by atoms with Crippen LogP contribution in [0.1, 0.15) is 11.3 Å². The van der Waals surface area contributed by atoms with Gasteiger partial charge in [0.25, 0.3) is 0 Å². The molecule has 0 saturated carbocycles. The molecule has 2 aromatic carbocycles. The van der Waals surface area contributed by atoms with E-state index in [1.54, 1.807) is 30.3 Å². The summed E-state index contributed by atoms with van der Waals surface area (Å²) in [6, 6.07) is 12.8. The van der Waals surface area contributed by atoms with Crippen molar-refractivity contribution in [1.29, 1.82) is 0 Å². The lowest BCUT2D eigenvalue weighted by atomic mass is 10.2. The SMILES string of the molecule is COCc1cc(Oc2ccc(Oc3cccc(C(F)(F)F)c3)cc2)nc(OC)n1. The summed E-state index contributed by atoms with van der Waals surface area (Å²) in [5.74, 6) is 1.15. The van der Waals surface area contributed by atoms with Gasteiger partial charge in [0.2, 0.25) is 5.88 Å². The summed E-state index contributed by atoms with van der Waals surface area (Å²) in [6.45, 7) is 0.263. The molecule has 0 saturated heterocycles. The number of aromatic nitrogens is 2. The van der Waals surface area contributed by atoms with Gasteiger partial charge in [-0.2, -0.15) is 23.1 Å². The van der Waals surface area contributed by atoms with Gasteiger partial charge in [-0.3, -0.25) is 0 Å². The minimum Gasteiger partial charge on any atom is -0.467 e. The van der Waals surface area contributed by atoms with Gasteiger partial charge in [0.1, 0.15) is 17.2 Å². The second-order valence-electron chi connectivity index (χ2n) is 5.82. The molecule has 0 aliphatic rings. The van der Waals surface area contributed by atoms with E-state index in [1.807, 2.05) is 0 Å². The minimum absolute atomic E-state index is 0.0817. The molecule has 1 heterocycles. The molecular formula is C20H17F3N2O4. The van der Waals surface area contributed by atoms with Crippen molar-refractivity contribution in [1.82, 2.24) is 9.97 Å². The lowest BCUT2D eigenvalue weighted by Crippen LogP contribution is -2.04. The molecule has 9 heteroatoms. The highest BCUT2D eigenvalue weighted by atomic mass is 19.4. The van der Waals surface area contributed by atoms with E-state index in [-0.39, 0.29) is 24.2 Å². The first kappa shape index (κ1) is 20.4. The van der Waals surface area contributed by atoms with Gasteiger partial charge in [0.05, 0.1) is 25.0 Å². The number of ether oxygens (including phenoxy) is 4. The number of hydrogen-bond acceptors (Lipinski definition) is 6. The number of nitrogens with zero attached hydrogens (tertiary/aromatic N) is 2. The van der Waals surface area contributed by atoms with Gasteiger partial charge in [-0.15, -0.1) is 0 Å². The van der Waals surface area contributed by atoms with Crippen molar-refractivity contribution in [2.24, 2.45) is 0 Å². The Kier molecular flexibility index (Phi) is 6.18. The van der Waals surface area contributed by atoms with Crippen LogP contribution in [-0.4, -0.2) is 24.2 Å². The summed E-state index contributed by atoms with van der Waals surface area (Å²) in [5.41, 5.74) is -0.196. The summed E-state index contributed by atoms with van der Waals surface area (Å²) in [5, 5.41) is 0. The summed E-state index contributed by atoms with van der Waals surface area (Å²) < 4.78 is 59.7. The normalized spacial score (nSPS) is 11.2. The molecule has 0 aliphatic carbocycles. The molecule has 0 spiro atoms. The average Bonchev–Trinajstić information content (AvgIpc) is 2.69. The van der Waals surface area contributed by atoms with E-state index < -0.39 is 11.7 Å². The third kappa shape index (κ3) is 5.58. The van der Waals surface area contributed by atoms with E-state index >= 15 is 0 Å². The highest BCUT2D eigenvalue weighted by Crippen LogP contribution is 2.33. The van der Waals surface area contributed by atoms with Gasteiger partial charge in [-0.25, -0.2) is 0 Å². The topological polar surface area (TPSA) is 62.7 Å². The Balaban J connectivity index is 1.72. The summed E-state index contributed by atoms with van der Waals surface area (Å²) >= 11 is 0. The van der Waals surface area contributed by atoms with Crippen molar-refractivity contribution in [3.63, 3.8) is 0 Å². The maximum atomic E-state index is 12.8. The highest BCUT2D eigenvalue weighted by Gasteiger charge is 2.30. The molecule has 6 nitrogen and oxygen atoms in total. The van der Waals surface area contributed by atoms with Crippen LogP contribution in [0.2, 0.25) is 0 Å². The van der Waals surface area contributed by atoms with E-state index in [2.05, 4.69) is 9.97 Å². The van der Waals surface area contributed by atoms with E-state index in [1.165, 1.54) is 26.4 Å². The molecule has 3 rings (SSSR count). The predicted molar refractivity (Wildman–Crippen MR) is 97.3 cm³/mol. The molecule has 0 aliphatic heterocycles. The molecule has 0 unspecified atom stereocenters. The average molecular weight is 406 g/mol. The van der Waals surface area contributed by atoms with E-state index in [0.717, 1.165) is 12.1 Å². The van der Waals surface area contributed by atoms with Gasteiger partial charge in [-0.05, 0) is 42.5 Å². The van der Waals surface area contributed by atoms with Crippen molar-refractivity contribution in [3.05, 3.63) is 65.9 Å². The van der Waals surface area contributed by atoms with Crippen LogP contribution < -0.4 is 14.2 Å². The van der Waals surface area contributed by atoms with Gasteiger partial charge < -0.3 is 18.9 Å². The molecule has 0 atom stereocenters. The molecule has 0 fully saturated rings. The Bertz CT molecular complexity index is 963. The minimum atomic E-state index is -4.43. The third-order valence-electron chi connectivity index (χ3n) is 3.65. The van der Waals surface area contributed by atoms with Crippen LogP contribution in [0.4, 0.5) is 13.2 Å². The van der Waals surface area contributed by atoms with Crippen molar-refractivity contribution >= 4 is 0 Å². The van der Waals surface area contributed by atoms with Crippen LogP contribution in [0, 0.1) is 0 Å². The van der Waals surface area contributed by atoms with E-state index in [9.17, 15) is 13.2 Å². The fourth-order valence-electron chi connectivity index (χ4n) is 2.38. The summed E-state index contributed by atoms with van der Waals surface area (Å²) in [4.78, 5) is 8.23. The molecule has 0 N–H and O–H groups in total. The molecule has 29 heavy (non-hydrogen) atoms. The molecule has 152 valence electrons. The highest BCUT2D eigenvalue weighted by molar-refractivity contribution is 5.38. The number of methoxy groups -OCH3 is 2. The second-order valence-corrected chi connectivity index (χ2v) is 5.82. The van der Waals surface area contributed by atoms with Gasteiger partial charge in [0.15, 0.2) is 0 Å². The summed E-state index contributed by atoms with van der Waals surface area (Å²) in [6.07, 6.45) is -4.43. The fraction of sp³-hybridized carbons (Fsp3) is 0.200. The third-order valence-corrected chi connectivity index (χ3v) is 3.65. The van der Waals surface area contributed by atoms with Crippen LogP contribution in [0.25, 0.3) is 0 Å². The van der Waals surface area contributed by atoms with Crippen molar-refractivity contribution in [3.8, 4) is 29.1 Å².